The van der Waals surface area contributed by atoms with Crippen molar-refractivity contribution in [2.24, 2.45) is 0 Å². The Labute approximate surface area is 108 Å². The normalized spacial score (nSPS) is 10.3. The first kappa shape index (κ1) is 12.4. The number of rotatable bonds is 5. The molecule has 0 unspecified atom stereocenters. The van der Waals surface area contributed by atoms with Crippen LogP contribution < -0.4 is 5.32 Å². The molecule has 3 heteroatoms. The van der Waals surface area contributed by atoms with Crippen LogP contribution in [0.3, 0.4) is 0 Å². The molecule has 0 spiro atoms. The molecule has 2 aromatic rings. The van der Waals surface area contributed by atoms with E-state index in [2.05, 4.69) is 52.6 Å². The van der Waals surface area contributed by atoms with Gasteiger partial charge in [-0.15, -0.1) is 6.58 Å². The van der Waals surface area contributed by atoms with Crippen LogP contribution in [0.25, 0.3) is 5.69 Å². The first-order chi connectivity index (χ1) is 8.74. The molecule has 0 amide bonds. The molecule has 0 saturated heterocycles. The molecule has 18 heavy (non-hydrogen) atoms. The quantitative estimate of drug-likeness (QED) is 0.814. The summed E-state index contributed by atoms with van der Waals surface area (Å²) in [7, 11) is 0. The molecule has 0 fully saturated rings. The summed E-state index contributed by atoms with van der Waals surface area (Å²) in [5, 5.41) is 3.24. The maximum absolute atomic E-state index is 4.47. The van der Waals surface area contributed by atoms with E-state index in [9.17, 15) is 0 Å². The van der Waals surface area contributed by atoms with Crippen molar-refractivity contribution in [1.29, 1.82) is 0 Å². The van der Waals surface area contributed by atoms with Crippen molar-refractivity contribution < 1.29 is 0 Å². The molecule has 1 aromatic heterocycles. The molecule has 0 aliphatic rings. The molecule has 3 nitrogen and oxygen atoms in total. The summed E-state index contributed by atoms with van der Waals surface area (Å²) < 4.78 is 2.07. The number of aromatic nitrogens is 2. The molecular formula is C15H19N3. The third kappa shape index (κ3) is 2.62. The summed E-state index contributed by atoms with van der Waals surface area (Å²) in [5.74, 6) is 0.858. The maximum atomic E-state index is 4.47. The summed E-state index contributed by atoms with van der Waals surface area (Å²) in [6, 6.07) is 8.56. The van der Waals surface area contributed by atoms with E-state index in [1.54, 1.807) is 0 Å². The molecular weight excluding hydrogens is 222 g/mol. The number of aryl methyl sites for hydroxylation is 2. The average Bonchev–Trinajstić information content (AvgIpc) is 2.77. The van der Waals surface area contributed by atoms with E-state index in [4.69, 9.17) is 0 Å². The van der Waals surface area contributed by atoms with E-state index >= 15 is 0 Å². The zero-order valence-electron chi connectivity index (χ0n) is 11.0. The fourth-order valence-corrected chi connectivity index (χ4v) is 1.87. The van der Waals surface area contributed by atoms with E-state index in [0.29, 0.717) is 6.54 Å². The predicted molar refractivity (Wildman–Crippen MR) is 76.4 cm³/mol. The summed E-state index contributed by atoms with van der Waals surface area (Å²) in [6.45, 7) is 8.58. The highest BCUT2D eigenvalue weighted by Gasteiger charge is 2.06. The Morgan fingerprint density at radius 3 is 2.67 bits per heavy atom. The van der Waals surface area contributed by atoms with Crippen LogP contribution in [0.2, 0.25) is 0 Å². The van der Waals surface area contributed by atoms with Crippen LogP contribution in [0.1, 0.15) is 18.2 Å². The van der Waals surface area contributed by atoms with E-state index in [1.807, 2.05) is 19.2 Å². The summed E-state index contributed by atoms with van der Waals surface area (Å²) in [6.07, 6.45) is 4.92. The number of anilines is 1. The molecule has 0 aliphatic heterocycles. The first-order valence-corrected chi connectivity index (χ1v) is 6.24. The molecule has 0 bridgehead atoms. The van der Waals surface area contributed by atoms with Crippen LogP contribution in [-0.4, -0.2) is 16.1 Å². The largest absolute Gasteiger partial charge is 0.352 e. The Bertz CT molecular complexity index is 523. The number of imidazole rings is 1. The number of hydrogen-bond acceptors (Lipinski definition) is 2. The standard InChI is InChI=1S/C15H19N3/c1-4-10-16-15-17-12(3)11-18(15)14-8-6-13(5-2)7-9-14/h4,6-9,11H,1,5,10H2,2-3H3,(H,16,17). The molecule has 1 aromatic carbocycles. The summed E-state index contributed by atoms with van der Waals surface area (Å²) in [5.41, 5.74) is 3.47. The second kappa shape index (κ2) is 5.54. The van der Waals surface area contributed by atoms with Gasteiger partial charge >= 0.3 is 0 Å². The van der Waals surface area contributed by atoms with Gasteiger partial charge in [0.2, 0.25) is 5.95 Å². The first-order valence-electron chi connectivity index (χ1n) is 6.24. The predicted octanol–water partition coefficient (Wildman–Crippen LogP) is 3.34. The van der Waals surface area contributed by atoms with Gasteiger partial charge in [0.25, 0.3) is 0 Å². The summed E-state index contributed by atoms with van der Waals surface area (Å²) in [4.78, 5) is 4.47. The van der Waals surface area contributed by atoms with E-state index < -0.39 is 0 Å². The second-order valence-corrected chi connectivity index (χ2v) is 4.27. The van der Waals surface area contributed by atoms with Crippen LogP contribution in [0.5, 0.6) is 0 Å². The van der Waals surface area contributed by atoms with Gasteiger partial charge in [0, 0.05) is 18.4 Å². The van der Waals surface area contributed by atoms with Crippen molar-refractivity contribution in [3.8, 4) is 5.69 Å². The minimum atomic E-state index is 0.712. The zero-order chi connectivity index (χ0) is 13.0. The number of benzene rings is 1. The molecule has 1 N–H and O–H groups in total. The van der Waals surface area contributed by atoms with Crippen LogP contribution in [-0.2, 0) is 6.42 Å². The number of nitrogens with zero attached hydrogens (tertiary/aromatic N) is 2. The van der Waals surface area contributed by atoms with Crippen LogP contribution in [0.15, 0.2) is 43.1 Å². The van der Waals surface area contributed by atoms with Crippen molar-refractivity contribution in [3.63, 3.8) is 0 Å². The molecule has 0 atom stereocenters. The molecule has 0 aliphatic carbocycles. The van der Waals surface area contributed by atoms with Crippen molar-refractivity contribution >= 4 is 5.95 Å². The number of nitrogens with one attached hydrogen (secondary N) is 1. The van der Waals surface area contributed by atoms with Crippen LogP contribution in [0.4, 0.5) is 5.95 Å². The smallest absolute Gasteiger partial charge is 0.207 e. The average molecular weight is 241 g/mol. The molecule has 2 rings (SSSR count). The van der Waals surface area contributed by atoms with E-state index in [1.165, 1.54) is 5.56 Å². The van der Waals surface area contributed by atoms with Crippen molar-refractivity contribution in [2.75, 3.05) is 11.9 Å². The highest BCUT2D eigenvalue weighted by molar-refractivity contribution is 5.44. The molecule has 0 radical (unpaired) electrons. The monoisotopic (exact) mass is 241 g/mol. The highest BCUT2D eigenvalue weighted by Crippen LogP contribution is 2.17. The van der Waals surface area contributed by atoms with Crippen LogP contribution in [0, 0.1) is 6.92 Å². The lowest BCUT2D eigenvalue weighted by Gasteiger charge is -2.09. The zero-order valence-corrected chi connectivity index (χ0v) is 11.0. The molecule has 0 saturated carbocycles. The lowest BCUT2D eigenvalue weighted by Crippen LogP contribution is -2.05. The Kier molecular flexibility index (Phi) is 3.82. The third-order valence-electron chi connectivity index (χ3n) is 2.85. The van der Waals surface area contributed by atoms with Crippen molar-refractivity contribution in [3.05, 3.63) is 54.4 Å². The van der Waals surface area contributed by atoms with Gasteiger partial charge in [0.05, 0.1) is 5.69 Å². The fourth-order valence-electron chi connectivity index (χ4n) is 1.87. The highest BCUT2D eigenvalue weighted by atomic mass is 15.2. The minimum absolute atomic E-state index is 0.712. The summed E-state index contributed by atoms with van der Waals surface area (Å²) >= 11 is 0. The van der Waals surface area contributed by atoms with Gasteiger partial charge in [-0.2, -0.15) is 0 Å². The maximum Gasteiger partial charge on any atom is 0.207 e. The fraction of sp³-hybridized carbons (Fsp3) is 0.267. The SMILES string of the molecule is C=CCNc1nc(C)cn1-c1ccc(CC)cc1. The Morgan fingerprint density at radius 2 is 2.06 bits per heavy atom. The molecule has 1 heterocycles. The van der Waals surface area contributed by atoms with Gasteiger partial charge in [0.15, 0.2) is 0 Å². The van der Waals surface area contributed by atoms with Gasteiger partial charge in [-0.05, 0) is 31.0 Å². The lowest BCUT2D eigenvalue weighted by atomic mass is 10.1. The van der Waals surface area contributed by atoms with Gasteiger partial charge in [-0.25, -0.2) is 4.98 Å². The van der Waals surface area contributed by atoms with Gasteiger partial charge in [-0.3, -0.25) is 4.57 Å². The minimum Gasteiger partial charge on any atom is -0.352 e. The van der Waals surface area contributed by atoms with Crippen molar-refractivity contribution in [2.45, 2.75) is 20.3 Å². The van der Waals surface area contributed by atoms with E-state index in [-0.39, 0.29) is 0 Å². The Hall–Kier alpha value is -2.03. The van der Waals surface area contributed by atoms with E-state index in [0.717, 1.165) is 23.8 Å². The Balaban J connectivity index is 2.32. The Morgan fingerprint density at radius 1 is 1.33 bits per heavy atom. The topological polar surface area (TPSA) is 29.9 Å². The number of hydrogen-bond donors (Lipinski definition) is 1. The van der Waals surface area contributed by atoms with Gasteiger partial charge in [0.1, 0.15) is 0 Å². The lowest BCUT2D eigenvalue weighted by molar-refractivity contribution is 1.03. The van der Waals surface area contributed by atoms with Crippen molar-refractivity contribution in [1.82, 2.24) is 9.55 Å². The third-order valence-corrected chi connectivity index (χ3v) is 2.85. The van der Waals surface area contributed by atoms with Crippen LogP contribution >= 0.6 is 0 Å². The van der Waals surface area contributed by atoms with Gasteiger partial charge < -0.3 is 5.32 Å². The molecule has 94 valence electrons. The van der Waals surface area contributed by atoms with Gasteiger partial charge in [-0.1, -0.05) is 25.1 Å². The second-order valence-electron chi connectivity index (χ2n) is 4.27.